The number of carbonyl (C=O) groups is 2. The number of benzene rings is 1. The van der Waals surface area contributed by atoms with Crippen LogP contribution in [0.1, 0.15) is 19.4 Å². The van der Waals surface area contributed by atoms with Crippen molar-refractivity contribution in [2.75, 3.05) is 0 Å². The van der Waals surface area contributed by atoms with Crippen molar-refractivity contribution in [1.82, 2.24) is 4.90 Å². The van der Waals surface area contributed by atoms with Gasteiger partial charge in [-0.2, -0.15) is 5.26 Å². The molecule has 0 spiro atoms. The van der Waals surface area contributed by atoms with E-state index in [-0.39, 0.29) is 5.91 Å². The van der Waals surface area contributed by atoms with Crippen LogP contribution in [0.15, 0.2) is 46.3 Å². The van der Waals surface area contributed by atoms with E-state index in [1.165, 1.54) is 16.7 Å². The summed E-state index contributed by atoms with van der Waals surface area (Å²) < 4.78 is 0. The van der Waals surface area contributed by atoms with Gasteiger partial charge in [-0.1, -0.05) is 55.9 Å². The number of nitrogens with zero attached hydrogens (tertiary/aromatic N) is 2. The smallest absolute Gasteiger partial charge is 0.250 e. The lowest BCUT2D eigenvalue weighted by atomic mass is 9.70. The number of nitriles is 1. The van der Waals surface area contributed by atoms with Gasteiger partial charge in [0.1, 0.15) is 5.92 Å². The van der Waals surface area contributed by atoms with Crippen LogP contribution in [0.3, 0.4) is 0 Å². The highest BCUT2D eigenvalue weighted by molar-refractivity contribution is 8.06. The van der Waals surface area contributed by atoms with Gasteiger partial charge in [0.25, 0.3) is 0 Å². The molecule has 2 aliphatic heterocycles. The highest BCUT2D eigenvalue weighted by Gasteiger charge is 2.52. The van der Waals surface area contributed by atoms with Crippen molar-refractivity contribution in [3.63, 3.8) is 0 Å². The SMILES string of the molecule is CC1(C)C(C(N)=O)=C2SC=C(c3ccccc3)N2C(=O)C1C#N. The van der Waals surface area contributed by atoms with Crippen LogP contribution in [0, 0.1) is 22.7 Å². The number of fused-ring (bicyclic) bond motifs is 1. The predicted octanol–water partition coefficient (Wildman–Crippen LogP) is 2.44. The molecule has 1 atom stereocenters. The molecule has 0 saturated heterocycles. The molecule has 5 nitrogen and oxygen atoms in total. The molecule has 2 amide bonds. The normalized spacial score (nSPS) is 22.5. The molecule has 2 heterocycles. The zero-order valence-electron chi connectivity index (χ0n) is 12.7. The molecule has 0 saturated carbocycles. The quantitative estimate of drug-likeness (QED) is 0.904. The van der Waals surface area contributed by atoms with E-state index in [2.05, 4.69) is 0 Å². The maximum absolute atomic E-state index is 12.9. The highest BCUT2D eigenvalue weighted by atomic mass is 32.2. The van der Waals surface area contributed by atoms with E-state index in [0.717, 1.165) is 5.56 Å². The summed E-state index contributed by atoms with van der Waals surface area (Å²) in [7, 11) is 0. The minimum Gasteiger partial charge on any atom is -0.366 e. The van der Waals surface area contributed by atoms with Gasteiger partial charge in [-0.05, 0) is 5.56 Å². The van der Waals surface area contributed by atoms with Gasteiger partial charge in [0.05, 0.1) is 22.4 Å². The predicted molar refractivity (Wildman–Crippen MR) is 88.0 cm³/mol. The van der Waals surface area contributed by atoms with Crippen molar-refractivity contribution < 1.29 is 9.59 Å². The number of primary amides is 1. The Hall–Kier alpha value is -2.52. The molecular formula is C17H15N3O2S. The first-order valence-corrected chi connectivity index (χ1v) is 7.98. The zero-order chi connectivity index (χ0) is 16.8. The van der Waals surface area contributed by atoms with E-state index in [1.807, 2.05) is 41.8 Å². The average molecular weight is 325 g/mol. The van der Waals surface area contributed by atoms with Gasteiger partial charge in [0, 0.05) is 10.8 Å². The molecule has 3 rings (SSSR count). The Balaban J connectivity index is 2.20. The first kappa shape index (κ1) is 15.4. The highest BCUT2D eigenvalue weighted by Crippen LogP contribution is 2.52. The zero-order valence-corrected chi connectivity index (χ0v) is 13.6. The summed E-state index contributed by atoms with van der Waals surface area (Å²) in [5.74, 6) is -1.88. The van der Waals surface area contributed by atoms with Crippen molar-refractivity contribution in [1.29, 1.82) is 5.26 Å². The maximum atomic E-state index is 12.9. The van der Waals surface area contributed by atoms with Gasteiger partial charge >= 0.3 is 0 Å². The van der Waals surface area contributed by atoms with E-state index < -0.39 is 17.2 Å². The average Bonchev–Trinajstić information content (AvgIpc) is 2.91. The second-order valence-corrected chi connectivity index (χ2v) is 6.85. The Morgan fingerprint density at radius 1 is 1.35 bits per heavy atom. The third kappa shape index (κ3) is 2.16. The molecule has 0 aromatic heterocycles. The molecule has 1 aromatic rings. The van der Waals surface area contributed by atoms with Gasteiger partial charge in [0.2, 0.25) is 11.8 Å². The van der Waals surface area contributed by atoms with Crippen molar-refractivity contribution in [2.45, 2.75) is 13.8 Å². The Bertz CT molecular complexity index is 803. The first-order valence-electron chi connectivity index (χ1n) is 7.10. The van der Waals surface area contributed by atoms with E-state index >= 15 is 0 Å². The summed E-state index contributed by atoms with van der Waals surface area (Å²) in [6, 6.07) is 11.4. The van der Waals surface area contributed by atoms with Crippen LogP contribution in [0.5, 0.6) is 0 Å². The number of thioether (sulfide) groups is 1. The van der Waals surface area contributed by atoms with Gasteiger partial charge < -0.3 is 5.73 Å². The van der Waals surface area contributed by atoms with Gasteiger partial charge in [-0.25, -0.2) is 0 Å². The molecule has 1 aromatic carbocycles. The van der Waals surface area contributed by atoms with Crippen LogP contribution in [0.4, 0.5) is 0 Å². The third-order valence-electron chi connectivity index (χ3n) is 4.22. The molecule has 2 N–H and O–H groups in total. The maximum Gasteiger partial charge on any atom is 0.250 e. The van der Waals surface area contributed by atoms with Crippen LogP contribution in [-0.2, 0) is 9.59 Å². The van der Waals surface area contributed by atoms with E-state index in [0.29, 0.717) is 16.3 Å². The minimum atomic E-state index is -0.959. The van der Waals surface area contributed by atoms with Gasteiger partial charge in [-0.15, -0.1) is 0 Å². The Morgan fingerprint density at radius 2 is 2.00 bits per heavy atom. The Labute approximate surface area is 138 Å². The summed E-state index contributed by atoms with van der Waals surface area (Å²) in [4.78, 5) is 26.3. The standard InChI is InChI=1S/C17H15N3O2S/c1-17(2)11(8-18)15(22)20-12(10-6-4-3-5-7-10)9-23-16(20)13(17)14(19)21/h3-7,9,11H,1-2H3,(H2,19,21). The second-order valence-electron chi connectivity index (χ2n) is 5.99. The Kier molecular flexibility index (Phi) is 3.53. The molecule has 23 heavy (non-hydrogen) atoms. The van der Waals surface area contributed by atoms with Crippen LogP contribution in [0.2, 0.25) is 0 Å². The van der Waals surface area contributed by atoms with Gasteiger partial charge in [-0.3, -0.25) is 14.5 Å². The van der Waals surface area contributed by atoms with Crippen LogP contribution in [-0.4, -0.2) is 16.7 Å². The van der Waals surface area contributed by atoms with Crippen molar-refractivity contribution in [3.8, 4) is 6.07 Å². The number of hydrogen-bond acceptors (Lipinski definition) is 4. The molecular weight excluding hydrogens is 310 g/mol. The van der Waals surface area contributed by atoms with E-state index in [4.69, 9.17) is 5.73 Å². The number of rotatable bonds is 2. The minimum absolute atomic E-state index is 0.322. The number of carbonyl (C=O) groups excluding carboxylic acids is 2. The monoisotopic (exact) mass is 325 g/mol. The largest absolute Gasteiger partial charge is 0.366 e. The lowest BCUT2D eigenvalue weighted by Gasteiger charge is -2.40. The van der Waals surface area contributed by atoms with Crippen molar-refractivity contribution >= 4 is 29.3 Å². The van der Waals surface area contributed by atoms with Crippen molar-refractivity contribution in [2.24, 2.45) is 17.1 Å². The molecule has 2 aliphatic rings. The summed E-state index contributed by atoms with van der Waals surface area (Å²) in [6.07, 6.45) is 0. The molecule has 1 unspecified atom stereocenters. The third-order valence-corrected chi connectivity index (χ3v) is 5.17. The van der Waals surface area contributed by atoms with E-state index in [9.17, 15) is 14.9 Å². The Morgan fingerprint density at radius 3 is 2.57 bits per heavy atom. The molecule has 0 radical (unpaired) electrons. The molecule has 116 valence electrons. The van der Waals surface area contributed by atoms with Crippen LogP contribution >= 0.6 is 11.8 Å². The van der Waals surface area contributed by atoms with E-state index in [1.54, 1.807) is 13.8 Å². The second kappa shape index (κ2) is 5.28. The number of hydrogen-bond donors (Lipinski definition) is 1. The fraction of sp³-hybridized carbons (Fsp3) is 0.235. The van der Waals surface area contributed by atoms with Crippen LogP contribution in [0.25, 0.3) is 5.70 Å². The summed E-state index contributed by atoms with van der Waals surface area (Å²) in [5.41, 5.74) is 6.50. The lowest BCUT2D eigenvalue weighted by Crippen LogP contribution is -2.48. The van der Waals surface area contributed by atoms with Crippen molar-refractivity contribution in [3.05, 3.63) is 51.9 Å². The molecule has 0 bridgehead atoms. The van der Waals surface area contributed by atoms with Crippen LogP contribution < -0.4 is 5.73 Å². The van der Waals surface area contributed by atoms with Gasteiger partial charge in [0.15, 0.2) is 0 Å². The molecule has 6 heteroatoms. The fourth-order valence-electron chi connectivity index (χ4n) is 3.02. The molecule has 0 aliphatic carbocycles. The number of amides is 2. The number of nitrogens with two attached hydrogens (primary N) is 1. The molecule has 0 fully saturated rings. The topological polar surface area (TPSA) is 87.2 Å². The summed E-state index contributed by atoms with van der Waals surface area (Å²) in [5, 5.41) is 11.8. The lowest BCUT2D eigenvalue weighted by molar-refractivity contribution is -0.132. The fourth-order valence-corrected chi connectivity index (χ4v) is 4.26. The summed E-state index contributed by atoms with van der Waals surface area (Å²) >= 11 is 1.30. The summed E-state index contributed by atoms with van der Waals surface area (Å²) in [6.45, 7) is 3.43. The first-order chi connectivity index (χ1) is 10.9.